The summed E-state index contributed by atoms with van der Waals surface area (Å²) in [6, 6.07) is 14.8. The molecule has 0 fully saturated rings. The van der Waals surface area contributed by atoms with Gasteiger partial charge in [-0.25, -0.2) is 9.97 Å². The lowest BCUT2D eigenvalue weighted by Gasteiger charge is -2.15. The van der Waals surface area contributed by atoms with E-state index >= 15 is 0 Å². The van der Waals surface area contributed by atoms with Crippen molar-refractivity contribution in [2.24, 2.45) is 0 Å². The number of rotatable bonds is 5. The molecule has 0 aliphatic heterocycles. The van der Waals surface area contributed by atoms with Crippen LogP contribution >= 0.6 is 15.9 Å². The Hall–Kier alpha value is -2.77. The highest BCUT2D eigenvalue weighted by Crippen LogP contribution is 2.35. The molecule has 0 saturated heterocycles. The molecule has 3 aromatic rings. The molecule has 148 valence electrons. The van der Waals surface area contributed by atoms with Crippen molar-refractivity contribution in [2.75, 3.05) is 12.8 Å². The van der Waals surface area contributed by atoms with Crippen LogP contribution in [0.5, 0.6) is 0 Å². The number of nitrogens with two attached hydrogens (primary N) is 1. The maximum Gasteiger partial charge on any atom is 0.273 e. The maximum atomic E-state index is 12.0. The molecule has 4 N–H and O–H groups in total. The SMILES string of the molecule is CNC(=O)c1nc(-c2cccc(CNC3CCc4c(Br)cccc43)c2)cnc1N. The first-order valence-electron chi connectivity index (χ1n) is 9.51. The molecule has 1 aromatic heterocycles. The van der Waals surface area contributed by atoms with Crippen molar-refractivity contribution < 1.29 is 4.79 Å². The van der Waals surface area contributed by atoms with Crippen LogP contribution in [0.15, 0.2) is 53.1 Å². The van der Waals surface area contributed by atoms with E-state index in [4.69, 9.17) is 5.73 Å². The van der Waals surface area contributed by atoms with Crippen molar-refractivity contribution in [2.45, 2.75) is 25.4 Å². The van der Waals surface area contributed by atoms with Crippen LogP contribution < -0.4 is 16.4 Å². The Morgan fingerprint density at radius 2 is 2.10 bits per heavy atom. The standard InChI is InChI=1S/C22H22BrN5O/c1-25-22(29)20-21(24)27-12-19(28-20)14-5-2-4-13(10-14)11-26-18-9-8-15-16(18)6-3-7-17(15)23/h2-7,10,12,18,26H,8-9,11H2,1H3,(H2,24,27)(H,25,29). The molecule has 1 amide bonds. The summed E-state index contributed by atoms with van der Waals surface area (Å²) < 4.78 is 1.19. The molecule has 7 heteroatoms. The smallest absolute Gasteiger partial charge is 0.273 e. The highest BCUT2D eigenvalue weighted by molar-refractivity contribution is 9.10. The molecular weight excluding hydrogens is 430 g/mol. The summed E-state index contributed by atoms with van der Waals surface area (Å²) in [4.78, 5) is 20.5. The van der Waals surface area contributed by atoms with Gasteiger partial charge in [0.25, 0.3) is 5.91 Å². The third kappa shape index (κ3) is 4.02. The van der Waals surface area contributed by atoms with Crippen molar-refractivity contribution in [3.05, 3.63) is 75.5 Å². The van der Waals surface area contributed by atoms with E-state index in [2.05, 4.69) is 66.9 Å². The molecule has 1 aliphatic carbocycles. The Bertz CT molecular complexity index is 1070. The first-order chi connectivity index (χ1) is 14.1. The average Bonchev–Trinajstić information content (AvgIpc) is 3.17. The molecule has 6 nitrogen and oxygen atoms in total. The number of nitrogens with one attached hydrogen (secondary N) is 2. The number of hydrogen-bond acceptors (Lipinski definition) is 5. The van der Waals surface area contributed by atoms with Crippen LogP contribution in [-0.2, 0) is 13.0 Å². The van der Waals surface area contributed by atoms with Crippen molar-refractivity contribution >= 4 is 27.7 Å². The van der Waals surface area contributed by atoms with Crippen molar-refractivity contribution in [3.63, 3.8) is 0 Å². The molecule has 1 unspecified atom stereocenters. The summed E-state index contributed by atoms with van der Waals surface area (Å²) in [5.41, 5.74) is 11.4. The van der Waals surface area contributed by atoms with Crippen LogP contribution in [0.25, 0.3) is 11.3 Å². The molecular formula is C22H22BrN5O. The second kappa shape index (κ2) is 8.31. The molecule has 4 rings (SSSR count). The normalized spacial score (nSPS) is 15.2. The third-order valence-electron chi connectivity index (χ3n) is 5.23. The zero-order valence-electron chi connectivity index (χ0n) is 16.1. The minimum Gasteiger partial charge on any atom is -0.382 e. The molecule has 0 spiro atoms. The number of anilines is 1. The first kappa shape index (κ1) is 19.5. The molecule has 29 heavy (non-hydrogen) atoms. The number of nitrogen functional groups attached to an aromatic ring is 1. The van der Waals surface area contributed by atoms with Crippen LogP contribution in [0, 0.1) is 0 Å². The first-order valence-corrected chi connectivity index (χ1v) is 10.3. The minimum atomic E-state index is -0.347. The van der Waals surface area contributed by atoms with Gasteiger partial charge in [0, 0.05) is 29.7 Å². The maximum absolute atomic E-state index is 12.0. The highest BCUT2D eigenvalue weighted by atomic mass is 79.9. The molecule has 2 aromatic carbocycles. The zero-order valence-corrected chi connectivity index (χ0v) is 17.7. The van der Waals surface area contributed by atoms with E-state index in [1.54, 1.807) is 13.2 Å². The van der Waals surface area contributed by atoms with E-state index in [1.165, 1.54) is 15.6 Å². The molecule has 0 bridgehead atoms. The van der Waals surface area contributed by atoms with Gasteiger partial charge in [-0.3, -0.25) is 4.79 Å². The van der Waals surface area contributed by atoms with Crippen molar-refractivity contribution in [3.8, 4) is 11.3 Å². The molecule has 1 aliphatic rings. The second-order valence-corrected chi connectivity index (χ2v) is 7.90. The van der Waals surface area contributed by atoms with Crippen molar-refractivity contribution in [1.82, 2.24) is 20.6 Å². The van der Waals surface area contributed by atoms with Gasteiger partial charge in [0.2, 0.25) is 0 Å². The number of carbonyl (C=O) groups excluding carboxylic acids is 1. The van der Waals surface area contributed by atoms with Crippen LogP contribution in [0.3, 0.4) is 0 Å². The monoisotopic (exact) mass is 451 g/mol. The lowest BCUT2D eigenvalue weighted by atomic mass is 10.1. The number of halogens is 1. The van der Waals surface area contributed by atoms with Gasteiger partial charge in [-0.05, 0) is 41.7 Å². The van der Waals surface area contributed by atoms with Gasteiger partial charge in [0.15, 0.2) is 11.5 Å². The highest BCUT2D eigenvalue weighted by Gasteiger charge is 2.23. The Labute approximate surface area is 178 Å². The Balaban J connectivity index is 1.52. The van der Waals surface area contributed by atoms with E-state index in [0.717, 1.165) is 30.5 Å². The quantitative estimate of drug-likeness (QED) is 0.550. The summed E-state index contributed by atoms with van der Waals surface area (Å²) in [5, 5.41) is 6.21. The lowest BCUT2D eigenvalue weighted by Crippen LogP contribution is -2.21. The van der Waals surface area contributed by atoms with Crippen LogP contribution in [-0.4, -0.2) is 22.9 Å². The summed E-state index contributed by atoms with van der Waals surface area (Å²) in [5.74, 6) is -0.224. The minimum absolute atomic E-state index is 0.122. The van der Waals surface area contributed by atoms with Gasteiger partial charge >= 0.3 is 0 Å². The van der Waals surface area contributed by atoms with Gasteiger partial charge in [0.1, 0.15) is 0 Å². The van der Waals surface area contributed by atoms with Gasteiger partial charge in [-0.15, -0.1) is 0 Å². The fraction of sp³-hybridized carbons (Fsp3) is 0.227. The summed E-state index contributed by atoms with van der Waals surface area (Å²) in [6.07, 6.45) is 3.77. The van der Waals surface area contributed by atoms with Crippen LogP contribution in [0.1, 0.15) is 39.6 Å². The molecule has 0 radical (unpaired) electrons. The van der Waals surface area contributed by atoms with Crippen LogP contribution in [0.4, 0.5) is 5.82 Å². The summed E-state index contributed by atoms with van der Waals surface area (Å²) in [6.45, 7) is 0.745. The predicted octanol–water partition coefficient (Wildman–Crippen LogP) is 3.63. The number of hydrogen-bond donors (Lipinski definition) is 3. The summed E-state index contributed by atoms with van der Waals surface area (Å²) >= 11 is 3.65. The number of aromatic nitrogens is 2. The Morgan fingerprint density at radius 3 is 2.93 bits per heavy atom. The molecule has 0 saturated carbocycles. The topological polar surface area (TPSA) is 92.9 Å². The molecule has 1 heterocycles. The van der Waals surface area contributed by atoms with E-state index in [0.29, 0.717) is 11.7 Å². The largest absolute Gasteiger partial charge is 0.382 e. The second-order valence-electron chi connectivity index (χ2n) is 7.05. The van der Waals surface area contributed by atoms with Gasteiger partial charge in [-0.2, -0.15) is 0 Å². The fourth-order valence-corrected chi connectivity index (χ4v) is 4.31. The average molecular weight is 452 g/mol. The van der Waals surface area contributed by atoms with Crippen LogP contribution in [0.2, 0.25) is 0 Å². The van der Waals surface area contributed by atoms with Gasteiger partial charge in [-0.1, -0.05) is 46.3 Å². The Morgan fingerprint density at radius 1 is 1.28 bits per heavy atom. The van der Waals surface area contributed by atoms with Gasteiger partial charge < -0.3 is 16.4 Å². The van der Waals surface area contributed by atoms with Gasteiger partial charge in [0.05, 0.1) is 11.9 Å². The van der Waals surface area contributed by atoms with E-state index in [-0.39, 0.29) is 17.4 Å². The number of nitrogens with zero attached hydrogens (tertiary/aromatic N) is 2. The summed E-state index contributed by atoms with van der Waals surface area (Å²) in [7, 11) is 1.54. The third-order valence-corrected chi connectivity index (χ3v) is 5.97. The fourth-order valence-electron chi connectivity index (χ4n) is 3.73. The number of carbonyl (C=O) groups is 1. The molecule has 1 atom stereocenters. The zero-order chi connectivity index (χ0) is 20.4. The van der Waals surface area contributed by atoms with Crippen molar-refractivity contribution in [1.29, 1.82) is 0 Å². The van der Waals surface area contributed by atoms with E-state index in [1.807, 2.05) is 12.1 Å². The lowest BCUT2D eigenvalue weighted by molar-refractivity contribution is 0.0959. The van der Waals surface area contributed by atoms with E-state index in [9.17, 15) is 4.79 Å². The predicted molar refractivity (Wildman–Crippen MR) is 117 cm³/mol. The number of benzene rings is 2. The Kier molecular flexibility index (Phi) is 5.60. The van der Waals surface area contributed by atoms with E-state index < -0.39 is 0 Å². The number of fused-ring (bicyclic) bond motifs is 1. The number of amides is 1.